The average Bonchev–Trinajstić information content (AvgIpc) is 2.56. The van der Waals surface area contributed by atoms with Crippen LogP contribution in [0.4, 0.5) is 0 Å². The normalized spacial score (nSPS) is 12.0. The zero-order chi connectivity index (χ0) is 18.7. The number of pyridine rings is 1. The molecule has 0 spiro atoms. The van der Waals surface area contributed by atoms with E-state index in [4.69, 9.17) is 4.74 Å². The lowest BCUT2D eigenvalue weighted by molar-refractivity contribution is 0.108. The summed E-state index contributed by atoms with van der Waals surface area (Å²) in [6.45, 7) is 4.22. The molecule has 0 aliphatic rings. The van der Waals surface area contributed by atoms with Crippen LogP contribution in [-0.2, 0) is 0 Å². The van der Waals surface area contributed by atoms with Crippen LogP contribution in [0, 0.1) is 0 Å². The summed E-state index contributed by atoms with van der Waals surface area (Å²) in [6.07, 6.45) is 11.1. The number of unbranched alkanes of at least 4 members (excludes halogenated alkanes) is 7. The molecule has 1 unspecified atom stereocenters. The largest absolute Gasteiger partial charge is 0.491 e. The molecule has 140 valence electrons. The Bertz CT molecular complexity index is 531. The Labute approximate surface area is 162 Å². The van der Waals surface area contributed by atoms with Gasteiger partial charge in [0.2, 0.25) is 10.2 Å². The van der Waals surface area contributed by atoms with Crippen molar-refractivity contribution in [1.82, 2.24) is 4.98 Å². The minimum absolute atomic E-state index is 0.00762. The molecule has 0 fully saturated rings. The zero-order valence-corrected chi connectivity index (χ0v) is 17.0. The van der Waals surface area contributed by atoms with E-state index in [1.54, 1.807) is 0 Å². The van der Waals surface area contributed by atoms with E-state index >= 15 is 0 Å². The fraction of sp³-hybridized carbons (Fsp3) is 0.632. The molecule has 1 rings (SSSR count). The molecule has 4 nitrogen and oxygen atoms in total. The number of ether oxygens (including phenoxy) is 1. The predicted octanol–water partition coefficient (Wildman–Crippen LogP) is 5.52. The summed E-state index contributed by atoms with van der Waals surface area (Å²) in [5, 5.41) is -1.01. The third-order valence-electron chi connectivity index (χ3n) is 4.04. The molecular formula is C19H29NO3S2. The van der Waals surface area contributed by atoms with Gasteiger partial charge >= 0.3 is 0 Å². The highest BCUT2D eigenvalue weighted by molar-refractivity contribution is 7.97. The van der Waals surface area contributed by atoms with Gasteiger partial charge in [-0.25, -0.2) is 4.98 Å². The Morgan fingerprint density at radius 2 is 1.44 bits per heavy atom. The first-order valence-corrected chi connectivity index (χ1v) is 9.98. The van der Waals surface area contributed by atoms with Crippen LogP contribution in [0.5, 0.6) is 5.75 Å². The summed E-state index contributed by atoms with van der Waals surface area (Å²) in [5.41, 5.74) is 0.190. The van der Waals surface area contributed by atoms with Crippen LogP contribution in [-0.4, -0.2) is 21.3 Å². The molecule has 0 saturated heterocycles. The predicted molar refractivity (Wildman–Crippen MR) is 108 cm³/mol. The van der Waals surface area contributed by atoms with Crippen molar-refractivity contribution < 1.29 is 14.3 Å². The number of hydrogen-bond acceptors (Lipinski definition) is 4. The molecule has 1 aromatic rings. The van der Waals surface area contributed by atoms with Crippen LogP contribution >= 0.6 is 25.3 Å². The summed E-state index contributed by atoms with van der Waals surface area (Å²) in [7, 11) is 0. The molecule has 6 heteroatoms. The lowest BCUT2D eigenvalue weighted by Gasteiger charge is -2.15. The van der Waals surface area contributed by atoms with Crippen molar-refractivity contribution in [3.8, 4) is 5.75 Å². The zero-order valence-electron chi connectivity index (χ0n) is 15.2. The number of thiol groups is 2. The molecule has 0 aliphatic carbocycles. The highest BCUT2D eigenvalue weighted by atomic mass is 32.1. The number of carbonyl (C=O) groups is 2. The number of nitrogens with zero attached hydrogens (tertiary/aromatic N) is 1. The third-order valence-corrected chi connectivity index (χ3v) is 4.50. The van der Waals surface area contributed by atoms with Crippen LogP contribution in [0.2, 0.25) is 0 Å². The number of hydrogen-bond donors (Lipinski definition) is 2. The third kappa shape index (κ3) is 9.31. The maximum atomic E-state index is 11.4. The second-order valence-corrected chi connectivity index (χ2v) is 7.19. The first kappa shape index (κ1) is 22.0. The van der Waals surface area contributed by atoms with Gasteiger partial charge in [-0.05, 0) is 19.8 Å². The fourth-order valence-electron chi connectivity index (χ4n) is 2.65. The lowest BCUT2D eigenvalue weighted by Crippen LogP contribution is -2.13. The van der Waals surface area contributed by atoms with Gasteiger partial charge < -0.3 is 4.74 Å². The van der Waals surface area contributed by atoms with Crippen molar-refractivity contribution in [3.63, 3.8) is 0 Å². The van der Waals surface area contributed by atoms with E-state index in [2.05, 4.69) is 37.2 Å². The maximum absolute atomic E-state index is 11.4. The average molecular weight is 384 g/mol. The van der Waals surface area contributed by atoms with Gasteiger partial charge in [-0.2, -0.15) is 0 Å². The van der Waals surface area contributed by atoms with Gasteiger partial charge in [-0.3, -0.25) is 9.59 Å². The van der Waals surface area contributed by atoms with Gasteiger partial charge in [-0.15, -0.1) is 0 Å². The molecule has 1 aromatic heterocycles. The van der Waals surface area contributed by atoms with E-state index in [1.165, 1.54) is 57.1 Å². The first-order valence-electron chi connectivity index (χ1n) is 9.09. The van der Waals surface area contributed by atoms with Crippen molar-refractivity contribution in [1.29, 1.82) is 0 Å². The number of aromatic nitrogens is 1. The van der Waals surface area contributed by atoms with Crippen molar-refractivity contribution >= 4 is 35.5 Å². The molecule has 1 heterocycles. The summed E-state index contributed by atoms with van der Waals surface area (Å²) < 4.78 is 5.84. The van der Waals surface area contributed by atoms with Crippen LogP contribution < -0.4 is 4.74 Å². The van der Waals surface area contributed by atoms with Crippen LogP contribution in [0.15, 0.2) is 12.1 Å². The van der Waals surface area contributed by atoms with E-state index in [-0.39, 0.29) is 17.5 Å². The molecule has 0 bridgehead atoms. The maximum Gasteiger partial charge on any atom is 0.234 e. The van der Waals surface area contributed by atoms with E-state index in [0.717, 1.165) is 12.8 Å². The Morgan fingerprint density at radius 3 is 1.92 bits per heavy atom. The minimum Gasteiger partial charge on any atom is -0.491 e. The highest BCUT2D eigenvalue weighted by Crippen LogP contribution is 2.20. The van der Waals surface area contributed by atoms with Crippen molar-refractivity contribution in [2.75, 3.05) is 0 Å². The number of carbonyl (C=O) groups excluding carboxylic acids is 2. The van der Waals surface area contributed by atoms with Gasteiger partial charge in [0.1, 0.15) is 17.1 Å². The highest BCUT2D eigenvalue weighted by Gasteiger charge is 2.13. The summed E-state index contributed by atoms with van der Waals surface area (Å²) >= 11 is 7.52. The van der Waals surface area contributed by atoms with Crippen molar-refractivity contribution in [3.05, 3.63) is 23.5 Å². The first-order chi connectivity index (χ1) is 11.9. The van der Waals surface area contributed by atoms with Gasteiger partial charge in [0.25, 0.3) is 0 Å². The Hall–Kier alpha value is -1.01. The van der Waals surface area contributed by atoms with E-state index in [1.807, 2.05) is 6.92 Å². The summed E-state index contributed by atoms with van der Waals surface area (Å²) in [4.78, 5) is 26.7. The molecule has 1 atom stereocenters. The molecular weight excluding hydrogens is 354 g/mol. The summed E-state index contributed by atoms with van der Waals surface area (Å²) in [6, 6.07) is 3.03. The smallest absolute Gasteiger partial charge is 0.234 e. The Morgan fingerprint density at radius 1 is 0.960 bits per heavy atom. The quantitative estimate of drug-likeness (QED) is 0.348. The monoisotopic (exact) mass is 383 g/mol. The van der Waals surface area contributed by atoms with Crippen LogP contribution in [0.3, 0.4) is 0 Å². The van der Waals surface area contributed by atoms with Crippen LogP contribution in [0.25, 0.3) is 0 Å². The van der Waals surface area contributed by atoms with Gasteiger partial charge in [-0.1, -0.05) is 77.1 Å². The van der Waals surface area contributed by atoms with Crippen molar-refractivity contribution in [2.45, 2.75) is 77.7 Å². The SMILES string of the molecule is CCCCCCCCCCC(C)Oc1cc(C(=O)S)nc(C(=O)S)c1. The fourth-order valence-corrected chi connectivity index (χ4v) is 2.88. The topological polar surface area (TPSA) is 56.3 Å². The molecule has 0 amide bonds. The molecule has 0 saturated carbocycles. The second-order valence-electron chi connectivity index (χ2n) is 6.38. The van der Waals surface area contributed by atoms with Gasteiger partial charge in [0.15, 0.2) is 0 Å². The van der Waals surface area contributed by atoms with E-state index in [9.17, 15) is 9.59 Å². The summed E-state index contributed by atoms with van der Waals surface area (Å²) in [5.74, 6) is 0.455. The molecule has 0 aromatic carbocycles. The van der Waals surface area contributed by atoms with E-state index in [0.29, 0.717) is 5.75 Å². The molecule has 0 aliphatic heterocycles. The second kappa shape index (κ2) is 12.4. The lowest BCUT2D eigenvalue weighted by atomic mass is 10.1. The van der Waals surface area contributed by atoms with E-state index < -0.39 is 10.2 Å². The van der Waals surface area contributed by atoms with Gasteiger partial charge in [0, 0.05) is 12.1 Å². The Balaban J connectivity index is 2.40. The standard InChI is InChI=1S/C19H29NO3S2/c1-3-4-5-6-7-8-9-10-11-14(2)23-15-12-16(18(21)24)20-17(13-15)19(22)25/h12-14H,3-11H2,1-2H3,(H,21,24)(H,22,25). The van der Waals surface area contributed by atoms with Crippen molar-refractivity contribution in [2.24, 2.45) is 0 Å². The molecule has 0 N–H and O–H groups in total. The number of rotatable bonds is 13. The van der Waals surface area contributed by atoms with Crippen LogP contribution in [0.1, 0.15) is 92.6 Å². The molecule has 25 heavy (non-hydrogen) atoms. The minimum atomic E-state index is -0.503. The van der Waals surface area contributed by atoms with Gasteiger partial charge in [0.05, 0.1) is 6.10 Å². The molecule has 0 radical (unpaired) electrons. The Kier molecular flexibility index (Phi) is 10.9.